The maximum absolute atomic E-state index is 5.36. The molecule has 9 heteroatoms. The first-order valence-corrected chi connectivity index (χ1v) is 10.0. The van der Waals surface area contributed by atoms with Crippen LogP contribution in [0.5, 0.6) is 0 Å². The monoisotopic (exact) mass is 384 g/mol. The normalized spacial score (nSPS) is 11.1. The Labute approximate surface area is 158 Å². The van der Waals surface area contributed by atoms with E-state index in [4.69, 9.17) is 4.52 Å². The van der Waals surface area contributed by atoms with Crippen LogP contribution in [0, 0.1) is 0 Å². The summed E-state index contributed by atoms with van der Waals surface area (Å²) in [6.07, 6.45) is 1.01. The largest absolute Gasteiger partial charge is 0.338 e. The molecule has 0 saturated carbocycles. The van der Waals surface area contributed by atoms with Crippen LogP contribution in [0.25, 0.3) is 11.4 Å². The second kappa shape index (κ2) is 7.79. The summed E-state index contributed by atoms with van der Waals surface area (Å²) in [5.41, 5.74) is 2.23. The van der Waals surface area contributed by atoms with E-state index in [-0.39, 0.29) is 0 Å². The fourth-order valence-electron chi connectivity index (χ4n) is 2.40. The SMILES string of the molecule is CCc1ccc(-c2noc(CSc3nnnn3Cc3cccs3)n2)cc1. The Morgan fingerprint density at radius 3 is 2.85 bits per heavy atom. The Bertz CT molecular complexity index is 961. The van der Waals surface area contributed by atoms with Crippen LogP contribution in [0.3, 0.4) is 0 Å². The minimum Gasteiger partial charge on any atom is -0.338 e. The highest BCUT2D eigenvalue weighted by molar-refractivity contribution is 7.98. The molecule has 0 aliphatic heterocycles. The van der Waals surface area contributed by atoms with E-state index in [1.807, 2.05) is 23.6 Å². The minimum atomic E-state index is 0.519. The molecule has 3 aromatic heterocycles. The first-order chi connectivity index (χ1) is 12.8. The van der Waals surface area contributed by atoms with Gasteiger partial charge in [-0.25, -0.2) is 4.68 Å². The van der Waals surface area contributed by atoms with Gasteiger partial charge >= 0.3 is 0 Å². The molecular weight excluding hydrogens is 368 g/mol. The van der Waals surface area contributed by atoms with Gasteiger partial charge in [-0.2, -0.15) is 4.98 Å². The van der Waals surface area contributed by atoms with Crippen molar-refractivity contribution in [1.29, 1.82) is 0 Å². The van der Waals surface area contributed by atoms with Gasteiger partial charge < -0.3 is 4.52 Å². The lowest BCUT2D eigenvalue weighted by atomic mass is 10.1. The summed E-state index contributed by atoms with van der Waals surface area (Å²) in [6.45, 7) is 2.79. The molecule has 0 N–H and O–H groups in total. The van der Waals surface area contributed by atoms with Gasteiger partial charge in [0.2, 0.25) is 16.9 Å². The third-order valence-electron chi connectivity index (χ3n) is 3.80. The summed E-state index contributed by atoms with van der Waals surface area (Å²) in [5, 5.41) is 18.7. The molecular formula is C17H16N6OS2. The predicted molar refractivity (Wildman–Crippen MR) is 99.9 cm³/mol. The molecule has 0 unspecified atom stereocenters. The molecule has 0 bridgehead atoms. The molecule has 0 aliphatic carbocycles. The van der Waals surface area contributed by atoms with Crippen molar-refractivity contribution in [3.63, 3.8) is 0 Å². The molecule has 0 fully saturated rings. The van der Waals surface area contributed by atoms with E-state index in [9.17, 15) is 0 Å². The highest BCUT2D eigenvalue weighted by Gasteiger charge is 2.13. The third kappa shape index (κ3) is 3.83. The summed E-state index contributed by atoms with van der Waals surface area (Å²) in [7, 11) is 0. The second-order valence-electron chi connectivity index (χ2n) is 5.55. The van der Waals surface area contributed by atoms with Crippen molar-refractivity contribution in [2.75, 3.05) is 0 Å². The average Bonchev–Trinajstić information content (AvgIpc) is 3.43. The van der Waals surface area contributed by atoms with E-state index in [0.29, 0.717) is 24.0 Å². The van der Waals surface area contributed by atoms with Gasteiger partial charge in [0, 0.05) is 10.4 Å². The van der Waals surface area contributed by atoms with E-state index < -0.39 is 0 Å². The summed E-state index contributed by atoms with van der Waals surface area (Å²) in [4.78, 5) is 5.67. The zero-order valence-electron chi connectivity index (χ0n) is 14.1. The smallest absolute Gasteiger partial charge is 0.237 e. The van der Waals surface area contributed by atoms with Gasteiger partial charge in [0.15, 0.2) is 0 Å². The van der Waals surface area contributed by atoms with Crippen molar-refractivity contribution in [2.24, 2.45) is 0 Å². The van der Waals surface area contributed by atoms with Gasteiger partial charge in [-0.3, -0.25) is 0 Å². The van der Waals surface area contributed by atoms with Crippen molar-refractivity contribution in [2.45, 2.75) is 30.8 Å². The Balaban J connectivity index is 1.41. The van der Waals surface area contributed by atoms with Crippen molar-refractivity contribution in [1.82, 2.24) is 30.3 Å². The molecule has 0 radical (unpaired) electrons. The lowest BCUT2D eigenvalue weighted by Crippen LogP contribution is -2.02. The number of hydrogen-bond acceptors (Lipinski definition) is 8. The van der Waals surface area contributed by atoms with Crippen molar-refractivity contribution >= 4 is 23.1 Å². The van der Waals surface area contributed by atoms with Crippen LogP contribution < -0.4 is 0 Å². The fourth-order valence-corrected chi connectivity index (χ4v) is 3.80. The number of benzene rings is 1. The maximum atomic E-state index is 5.36. The number of rotatable bonds is 7. The highest BCUT2D eigenvalue weighted by Crippen LogP contribution is 2.23. The van der Waals surface area contributed by atoms with Gasteiger partial charge in [-0.05, 0) is 33.9 Å². The van der Waals surface area contributed by atoms with Crippen LogP contribution in [0.1, 0.15) is 23.3 Å². The van der Waals surface area contributed by atoms with Gasteiger partial charge in [0.05, 0.1) is 12.3 Å². The van der Waals surface area contributed by atoms with Gasteiger partial charge in [0.1, 0.15) is 0 Å². The standard InChI is InChI=1S/C17H16N6OS2/c1-2-12-5-7-13(8-6-12)16-18-15(24-20-16)11-26-17-19-21-22-23(17)10-14-4-3-9-25-14/h3-9H,2,10-11H2,1H3. The summed E-state index contributed by atoms with van der Waals surface area (Å²) < 4.78 is 7.14. The topological polar surface area (TPSA) is 82.5 Å². The molecule has 0 spiro atoms. The van der Waals surface area contributed by atoms with E-state index in [2.05, 4.69) is 50.8 Å². The number of aromatic nitrogens is 6. The molecule has 0 atom stereocenters. The fraction of sp³-hybridized carbons (Fsp3) is 0.235. The summed E-state index contributed by atoms with van der Waals surface area (Å²) >= 11 is 3.16. The molecule has 0 amide bonds. The molecule has 1 aromatic carbocycles. The second-order valence-corrected chi connectivity index (χ2v) is 7.52. The lowest BCUT2D eigenvalue weighted by Gasteiger charge is -2.00. The number of tetrazole rings is 1. The summed E-state index contributed by atoms with van der Waals surface area (Å²) in [6, 6.07) is 12.3. The molecule has 4 aromatic rings. The maximum Gasteiger partial charge on any atom is 0.237 e. The van der Waals surface area contributed by atoms with E-state index in [0.717, 1.165) is 17.1 Å². The van der Waals surface area contributed by atoms with Crippen LogP contribution in [0.15, 0.2) is 51.5 Å². The summed E-state index contributed by atoms with van der Waals surface area (Å²) in [5.74, 6) is 1.67. The Hall–Kier alpha value is -2.52. The van der Waals surface area contributed by atoms with Crippen LogP contribution in [0.2, 0.25) is 0 Å². The first-order valence-electron chi connectivity index (χ1n) is 8.15. The van der Waals surface area contributed by atoms with E-state index in [1.54, 1.807) is 16.0 Å². The number of nitrogens with zero attached hydrogens (tertiary/aromatic N) is 6. The quantitative estimate of drug-likeness (QED) is 0.449. The Morgan fingerprint density at radius 1 is 1.19 bits per heavy atom. The van der Waals surface area contributed by atoms with E-state index >= 15 is 0 Å². The molecule has 26 heavy (non-hydrogen) atoms. The Kier molecular flexibility index (Phi) is 5.07. The van der Waals surface area contributed by atoms with Crippen molar-refractivity contribution in [3.05, 3.63) is 58.1 Å². The number of aryl methyl sites for hydroxylation is 1. The number of thiophene rings is 1. The first kappa shape index (κ1) is 16.9. The number of hydrogen-bond donors (Lipinski definition) is 0. The van der Waals surface area contributed by atoms with Crippen molar-refractivity contribution < 1.29 is 4.52 Å². The van der Waals surface area contributed by atoms with Crippen molar-refractivity contribution in [3.8, 4) is 11.4 Å². The molecule has 0 saturated heterocycles. The van der Waals surface area contributed by atoms with Crippen LogP contribution in [0.4, 0.5) is 0 Å². The zero-order valence-corrected chi connectivity index (χ0v) is 15.7. The molecule has 132 valence electrons. The van der Waals surface area contributed by atoms with Gasteiger partial charge in [0.25, 0.3) is 0 Å². The van der Waals surface area contributed by atoms with Crippen LogP contribution in [-0.4, -0.2) is 30.3 Å². The molecule has 4 rings (SSSR count). The predicted octanol–water partition coefficient (Wildman–Crippen LogP) is 3.69. The zero-order chi connectivity index (χ0) is 17.8. The van der Waals surface area contributed by atoms with Crippen LogP contribution in [-0.2, 0) is 18.7 Å². The Morgan fingerprint density at radius 2 is 2.08 bits per heavy atom. The average molecular weight is 384 g/mol. The van der Waals surface area contributed by atoms with E-state index in [1.165, 1.54) is 22.2 Å². The van der Waals surface area contributed by atoms with Gasteiger partial charge in [-0.15, -0.1) is 16.4 Å². The molecule has 0 aliphatic rings. The number of thioether (sulfide) groups is 1. The minimum absolute atomic E-state index is 0.519. The molecule has 7 nitrogen and oxygen atoms in total. The third-order valence-corrected chi connectivity index (χ3v) is 5.60. The highest BCUT2D eigenvalue weighted by atomic mass is 32.2. The lowest BCUT2D eigenvalue weighted by molar-refractivity contribution is 0.391. The van der Waals surface area contributed by atoms with Crippen LogP contribution >= 0.6 is 23.1 Å². The molecule has 3 heterocycles. The van der Waals surface area contributed by atoms with Gasteiger partial charge in [-0.1, -0.05) is 54.2 Å².